The van der Waals surface area contributed by atoms with Gasteiger partial charge in [-0.25, -0.2) is 0 Å². The van der Waals surface area contributed by atoms with Gasteiger partial charge in [0.15, 0.2) is 6.10 Å². The number of methoxy groups -OCH3 is 1. The highest BCUT2D eigenvalue weighted by atomic mass is 16.5. The third-order valence-electron chi connectivity index (χ3n) is 5.49. The maximum absolute atomic E-state index is 13.0. The standard InChI is InChI=1S/C21H29NO4/c1-14(2)19-21(24)22(13-12-18(23)25-3)17-11-7-10-16(20(17)26-19)15-8-5-4-6-9-15/h7,10-11,14-15,19H,4-6,8-9,12-13H2,1-3H3. The number of hydrogen-bond acceptors (Lipinski definition) is 4. The molecule has 1 fully saturated rings. The van der Waals surface area contributed by atoms with Gasteiger partial charge >= 0.3 is 5.97 Å². The highest BCUT2D eigenvalue weighted by Crippen LogP contribution is 2.45. The van der Waals surface area contributed by atoms with E-state index < -0.39 is 6.10 Å². The fourth-order valence-corrected chi connectivity index (χ4v) is 4.02. The first kappa shape index (κ1) is 18.7. The lowest BCUT2D eigenvalue weighted by Gasteiger charge is -2.38. The summed E-state index contributed by atoms with van der Waals surface area (Å²) in [6, 6.07) is 6.06. The second-order valence-electron chi connectivity index (χ2n) is 7.63. The number of hydrogen-bond donors (Lipinski definition) is 0. The van der Waals surface area contributed by atoms with Crippen LogP contribution in [0.15, 0.2) is 18.2 Å². The Morgan fingerprint density at radius 2 is 2.00 bits per heavy atom. The third-order valence-corrected chi connectivity index (χ3v) is 5.49. The van der Waals surface area contributed by atoms with Gasteiger partial charge in [-0.05, 0) is 36.3 Å². The molecule has 26 heavy (non-hydrogen) atoms. The van der Waals surface area contributed by atoms with Crippen LogP contribution in [0.25, 0.3) is 0 Å². The molecule has 1 aromatic carbocycles. The molecular formula is C21H29NO4. The molecule has 2 aliphatic rings. The molecule has 0 saturated heterocycles. The minimum atomic E-state index is -0.509. The predicted molar refractivity (Wildman–Crippen MR) is 101 cm³/mol. The van der Waals surface area contributed by atoms with Crippen LogP contribution < -0.4 is 9.64 Å². The van der Waals surface area contributed by atoms with Gasteiger partial charge in [0.05, 0.1) is 19.2 Å². The van der Waals surface area contributed by atoms with Gasteiger partial charge in [-0.2, -0.15) is 0 Å². The predicted octanol–water partition coefficient (Wildman–Crippen LogP) is 4.05. The maximum Gasteiger partial charge on any atom is 0.307 e. The van der Waals surface area contributed by atoms with E-state index >= 15 is 0 Å². The van der Waals surface area contributed by atoms with Gasteiger partial charge in [-0.3, -0.25) is 9.59 Å². The van der Waals surface area contributed by atoms with E-state index in [1.54, 1.807) is 4.90 Å². The summed E-state index contributed by atoms with van der Waals surface area (Å²) in [7, 11) is 1.37. The van der Waals surface area contributed by atoms with Crippen molar-refractivity contribution in [3.05, 3.63) is 23.8 Å². The number of amides is 1. The molecule has 1 aromatic rings. The molecular weight excluding hydrogens is 330 g/mol. The topological polar surface area (TPSA) is 55.8 Å². The molecule has 0 radical (unpaired) electrons. The number of para-hydroxylation sites is 1. The Bertz CT molecular complexity index is 664. The number of anilines is 1. The van der Waals surface area contributed by atoms with Crippen molar-refractivity contribution < 1.29 is 19.1 Å². The minimum Gasteiger partial charge on any atom is -0.478 e. The zero-order valence-corrected chi connectivity index (χ0v) is 16.0. The second-order valence-corrected chi connectivity index (χ2v) is 7.63. The zero-order valence-electron chi connectivity index (χ0n) is 16.0. The highest BCUT2D eigenvalue weighted by Gasteiger charge is 2.38. The van der Waals surface area contributed by atoms with E-state index in [9.17, 15) is 9.59 Å². The number of ether oxygens (including phenoxy) is 2. The molecule has 5 nitrogen and oxygen atoms in total. The van der Waals surface area contributed by atoms with Crippen molar-refractivity contribution in [1.82, 2.24) is 0 Å². The zero-order chi connectivity index (χ0) is 18.7. The average Bonchev–Trinajstić information content (AvgIpc) is 2.66. The van der Waals surface area contributed by atoms with Crippen molar-refractivity contribution in [3.8, 4) is 5.75 Å². The maximum atomic E-state index is 13.0. The molecule has 0 N–H and O–H groups in total. The number of nitrogens with zero attached hydrogens (tertiary/aromatic N) is 1. The first-order chi connectivity index (χ1) is 12.5. The van der Waals surface area contributed by atoms with Gasteiger partial charge in [0, 0.05) is 6.54 Å². The highest BCUT2D eigenvalue weighted by molar-refractivity contribution is 6.00. The van der Waals surface area contributed by atoms with Crippen LogP contribution in [0.1, 0.15) is 63.9 Å². The van der Waals surface area contributed by atoms with E-state index in [4.69, 9.17) is 9.47 Å². The Balaban J connectivity index is 1.96. The Kier molecular flexibility index (Phi) is 5.84. The van der Waals surface area contributed by atoms with Gasteiger partial charge in [0.2, 0.25) is 0 Å². The quantitative estimate of drug-likeness (QED) is 0.744. The fraction of sp³-hybridized carbons (Fsp3) is 0.619. The first-order valence-electron chi connectivity index (χ1n) is 9.70. The fourth-order valence-electron chi connectivity index (χ4n) is 4.02. The van der Waals surface area contributed by atoms with Crippen LogP contribution in [0.4, 0.5) is 5.69 Å². The molecule has 1 unspecified atom stereocenters. The molecule has 1 atom stereocenters. The normalized spacial score (nSPS) is 20.7. The second kappa shape index (κ2) is 8.11. The van der Waals surface area contributed by atoms with Crippen LogP contribution in [-0.2, 0) is 14.3 Å². The number of benzene rings is 1. The lowest BCUT2D eigenvalue weighted by molar-refractivity contribution is -0.140. The van der Waals surface area contributed by atoms with E-state index in [1.807, 2.05) is 26.0 Å². The summed E-state index contributed by atoms with van der Waals surface area (Å²) >= 11 is 0. The van der Waals surface area contributed by atoms with Crippen LogP contribution in [0, 0.1) is 5.92 Å². The Morgan fingerprint density at radius 3 is 2.65 bits per heavy atom. The number of esters is 1. The van der Waals surface area contributed by atoms with Crippen LogP contribution in [0.2, 0.25) is 0 Å². The van der Waals surface area contributed by atoms with Gasteiger partial charge in [-0.15, -0.1) is 0 Å². The van der Waals surface area contributed by atoms with Crippen LogP contribution in [0.3, 0.4) is 0 Å². The molecule has 1 amide bonds. The number of rotatable bonds is 5. The summed E-state index contributed by atoms with van der Waals surface area (Å²) in [5.41, 5.74) is 2.00. The first-order valence-corrected chi connectivity index (χ1v) is 9.70. The van der Waals surface area contributed by atoms with Gasteiger partial charge < -0.3 is 14.4 Å². The van der Waals surface area contributed by atoms with Crippen LogP contribution in [0.5, 0.6) is 5.75 Å². The van der Waals surface area contributed by atoms with Crippen LogP contribution >= 0.6 is 0 Å². The van der Waals surface area contributed by atoms with E-state index in [0.29, 0.717) is 12.5 Å². The summed E-state index contributed by atoms with van der Waals surface area (Å²) in [5.74, 6) is 1.01. The summed E-state index contributed by atoms with van der Waals surface area (Å²) in [5, 5.41) is 0. The largest absolute Gasteiger partial charge is 0.478 e. The number of carbonyl (C=O) groups excluding carboxylic acids is 2. The SMILES string of the molecule is COC(=O)CCN1C(=O)C(C(C)C)Oc2c(C3CCCCC3)cccc21. The third kappa shape index (κ3) is 3.71. The monoisotopic (exact) mass is 359 g/mol. The molecule has 5 heteroatoms. The molecule has 1 heterocycles. The van der Waals surface area contributed by atoms with Crippen molar-refractivity contribution in [2.24, 2.45) is 5.92 Å². The van der Waals surface area contributed by atoms with Crippen molar-refractivity contribution in [2.75, 3.05) is 18.6 Å². The van der Waals surface area contributed by atoms with Crippen molar-refractivity contribution in [1.29, 1.82) is 0 Å². The van der Waals surface area contributed by atoms with E-state index in [2.05, 4.69) is 6.07 Å². The summed E-state index contributed by atoms with van der Waals surface area (Å²) in [6.07, 6.45) is 5.79. The Hall–Kier alpha value is -2.04. The van der Waals surface area contributed by atoms with E-state index in [1.165, 1.54) is 44.8 Å². The smallest absolute Gasteiger partial charge is 0.307 e. The molecule has 1 saturated carbocycles. The number of fused-ring (bicyclic) bond motifs is 1. The Labute approximate surface area is 155 Å². The number of carbonyl (C=O) groups is 2. The summed E-state index contributed by atoms with van der Waals surface area (Å²) < 4.78 is 11.0. The van der Waals surface area contributed by atoms with Gasteiger partial charge in [0.1, 0.15) is 5.75 Å². The van der Waals surface area contributed by atoms with Gasteiger partial charge in [0.25, 0.3) is 5.91 Å². The van der Waals surface area contributed by atoms with Crippen molar-refractivity contribution in [2.45, 2.75) is 64.4 Å². The molecule has 142 valence electrons. The van der Waals surface area contributed by atoms with E-state index in [-0.39, 0.29) is 24.2 Å². The lowest BCUT2D eigenvalue weighted by atomic mass is 9.83. The molecule has 0 aromatic heterocycles. The van der Waals surface area contributed by atoms with Crippen molar-refractivity contribution in [3.63, 3.8) is 0 Å². The van der Waals surface area contributed by atoms with Gasteiger partial charge in [-0.1, -0.05) is 45.2 Å². The lowest BCUT2D eigenvalue weighted by Crippen LogP contribution is -2.49. The van der Waals surface area contributed by atoms with E-state index in [0.717, 1.165) is 11.4 Å². The molecule has 1 aliphatic carbocycles. The molecule has 0 spiro atoms. The minimum absolute atomic E-state index is 0.0655. The van der Waals surface area contributed by atoms with Crippen molar-refractivity contribution >= 4 is 17.6 Å². The Morgan fingerprint density at radius 1 is 1.27 bits per heavy atom. The van der Waals surface area contributed by atoms with Crippen LogP contribution in [-0.4, -0.2) is 31.6 Å². The molecule has 0 bridgehead atoms. The molecule has 3 rings (SSSR count). The molecule has 1 aliphatic heterocycles. The summed E-state index contributed by atoms with van der Waals surface area (Å²) in [4.78, 5) is 26.3. The average molecular weight is 359 g/mol. The summed E-state index contributed by atoms with van der Waals surface area (Å²) in [6.45, 7) is 4.31.